The van der Waals surface area contributed by atoms with Crippen molar-refractivity contribution in [2.75, 3.05) is 0 Å². The summed E-state index contributed by atoms with van der Waals surface area (Å²) >= 11 is 1.81. The Morgan fingerprint density at radius 3 is 2.35 bits per heavy atom. The first kappa shape index (κ1) is 13.0. The van der Waals surface area contributed by atoms with Crippen LogP contribution in [0.2, 0.25) is 0 Å². The molecule has 1 aromatic heterocycles. The summed E-state index contributed by atoms with van der Waals surface area (Å²) in [6.45, 7) is 4.49. The Kier molecular flexibility index (Phi) is 4.57. The Morgan fingerprint density at radius 2 is 1.82 bits per heavy atom. The SMILES string of the molecule is CC(C)NC1(c2nccs2)CCCCCCC1. The topological polar surface area (TPSA) is 24.9 Å². The summed E-state index contributed by atoms with van der Waals surface area (Å²) in [5.74, 6) is 0. The lowest BCUT2D eigenvalue weighted by atomic mass is 9.83. The molecule has 1 fully saturated rings. The first-order chi connectivity index (χ1) is 8.23. The highest BCUT2D eigenvalue weighted by molar-refractivity contribution is 7.09. The van der Waals surface area contributed by atoms with Crippen molar-refractivity contribution in [3.63, 3.8) is 0 Å². The molecule has 0 spiro atoms. The van der Waals surface area contributed by atoms with Crippen LogP contribution in [0, 0.1) is 0 Å². The van der Waals surface area contributed by atoms with E-state index in [2.05, 4.69) is 29.5 Å². The van der Waals surface area contributed by atoms with Gasteiger partial charge in [0, 0.05) is 17.6 Å². The van der Waals surface area contributed by atoms with Crippen LogP contribution in [-0.2, 0) is 5.54 Å². The van der Waals surface area contributed by atoms with Gasteiger partial charge in [0.2, 0.25) is 0 Å². The highest BCUT2D eigenvalue weighted by Crippen LogP contribution is 2.36. The minimum atomic E-state index is 0.156. The molecule has 1 aromatic rings. The summed E-state index contributed by atoms with van der Waals surface area (Å²) in [7, 11) is 0. The van der Waals surface area contributed by atoms with Gasteiger partial charge in [0.1, 0.15) is 5.01 Å². The van der Waals surface area contributed by atoms with Gasteiger partial charge in [-0.05, 0) is 26.7 Å². The summed E-state index contributed by atoms with van der Waals surface area (Å²) < 4.78 is 0. The van der Waals surface area contributed by atoms with Gasteiger partial charge in [0.25, 0.3) is 0 Å². The number of nitrogens with zero attached hydrogens (tertiary/aromatic N) is 1. The van der Waals surface area contributed by atoms with E-state index in [4.69, 9.17) is 0 Å². The van der Waals surface area contributed by atoms with E-state index in [9.17, 15) is 0 Å². The molecule has 0 saturated heterocycles. The lowest BCUT2D eigenvalue weighted by molar-refractivity contribution is 0.234. The molecule has 1 N–H and O–H groups in total. The van der Waals surface area contributed by atoms with Gasteiger partial charge in [0.05, 0.1) is 5.54 Å². The summed E-state index contributed by atoms with van der Waals surface area (Å²) in [5.41, 5.74) is 0.156. The third kappa shape index (κ3) is 3.29. The van der Waals surface area contributed by atoms with Crippen LogP contribution in [0.15, 0.2) is 11.6 Å². The molecule has 0 radical (unpaired) electrons. The van der Waals surface area contributed by atoms with Gasteiger partial charge in [-0.2, -0.15) is 0 Å². The molecule has 0 aromatic carbocycles. The first-order valence-electron chi connectivity index (χ1n) is 6.91. The van der Waals surface area contributed by atoms with Crippen LogP contribution in [0.5, 0.6) is 0 Å². The molecule has 17 heavy (non-hydrogen) atoms. The van der Waals surface area contributed by atoms with Crippen molar-refractivity contribution < 1.29 is 0 Å². The third-order valence-electron chi connectivity index (χ3n) is 3.61. The molecule has 0 aliphatic heterocycles. The maximum Gasteiger partial charge on any atom is 0.113 e. The van der Waals surface area contributed by atoms with Crippen LogP contribution in [0.4, 0.5) is 0 Å². The Morgan fingerprint density at radius 1 is 1.18 bits per heavy atom. The smallest absolute Gasteiger partial charge is 0.113 e. The van der Waals surface area contributed by atoms with Crippen LogP contribution >= 0.6 is 11.3 Å². The molecule has 2 rings (SSSR count). The summed E-state index contributed by atoms with van der Waals surface area (Å²) in [6.07, 6.45) is 11.3. The maximum absolute atomic E-state index is 4.59. The number of nitrogens with one attached hydrogen (secondary N) is 1. The van der Waals surface area contributed by atoms with Crippen molar-refractivity contribution in [3.8, 4) is 0 Å². The van der Waals surface area contributed by atoms with Crippen LogP contribution < -0.4 is 5.32 Å². The fraction of sp³-hybridized carbons (Fsp3) is 0.786. The molecule has 1 aliphatic rings. The van der Waals surface area contributed by atoms with E-state index in [1.54, 1.807) is 0 Å². The Labute approximate surface area is 109 Å². The van der Waals surface area contributed by atoms with E-state index in [-0.39, 0.29) is 5.54 Å². The average molecular weight is 252 g/mol. The van der Waals surface area contributed by atoms with Crippen LogP contribution in [0.25, 0.3) is 0 Å². The predicted octanol–water partition coefficient (Wildman–Crippen LogP) is 4.08. The molecule has 96 valence electrons. The van der Waals surface area contributed by atoms with E-state index in [1.165, 1.54) is 50.0 Å². The minimum absolute atomic E-state index is 0.156. The van der Waals surface area contributed by atoms with Crippen molar-refractivity contribution in [3.05, 3.63) is 16.6 Å². The van der Waals surface area contributed by atoms with E-state index < -0.39 is 0 Å². The first-order valence-corrected chi connectivity index (χ1v) is 7.79. The van der Waals surface area contributed by atoms with E-state index in [0.29, 0.717) is 6.04 Å². The second kappa shape index (κ2) is 5.96. The lowest BCUT2D eigenvalue weighted by Crippen LogP contribution is -2.46. The van der Waals surface area contributed by atoms with E-state index >= 15 is 0 Å². The highest BCUT2D eigenvalue weighted by Gasteiger charge is 2.34. The molecule has 1 saturated carbocycles. The molecule has 0 atom stereocenters. The van der Waals surface area contributed by atoms with Crippen LogP contribution in [-0.4, -0.2) is 11.0 Å². The number of hydrogen-bond acceptors (Lipinski definition) is 3. The number of thiazole rings is 1. The fourth-order valence-corrected chi connectivity index (χ4v) is 3.80. The predicted molar refractivity (Wildman–Crippen MR) is 74.4 cm³/mol. The molecule has 1 heterocycles. The maximum atomic E-state index is 4.59. The number of rotatable bonds is 3. The van der Waals surface area contributed by atoms with Crippen molar-refractivity contribution in [2.24, 2.45) is 0 Å². The zero-order valence-corrected chi connectivity index (χ0v) is 11.9. The second-order valence-corrected chi connectivity index (χ2v) is 6.38. The van der Waals surface area contributed by atoms with Crippen molar-refractivity contribution in [1.82, 2.24) is 10.3 Å². The minimum Gasteiger partial charge on any atom is -0.303 e. The van der Waals surface area contributed by atoms with Crippen molar-refractivity contribution in [1.29, 1.82) is 0 Å². The number of hydrogen-bond donors (Lipinski definition) is 1. The van der Waals surface area contributed by atoms with Crippen molar-refractivity contribution >= 4 is 11.3 Å². The molecule has 0 bridgehead atoms. The standard InChI is InChI=1S/C14H24N2S/c1-12(2)16-14(13-15-10-11-17-13)8-6-4-3-5-7-9-14/h10-12,16H,3-9H2,1-2H3. The van der Waals surface area contributed by atoms with E-state index in [1.807, 2.05) is 17.5 Å². The monoisotopic (exact) mass is 252 g/mol. The fourth-order valence-electron chi connectivity index (χ4n) is 2.94. The zero-order valence-electron chi connectivity index (χ0n) is 11.0. The zero-order chi connectivity index (χ0) is 12.1. The molecule has 3 heteroatoms. The van der Waals surface area contributed by atoms with Gasteiger partial charge in [-0.3, -0.25) is 0 Å². The van der Waals surface area contributed by atoms with Gasteiger partial charge >= 0.3 is 0 Å². The second-order valence-electron chi connectivity index (χ2n) is 5.49. The molecule has 0 unspecified atom stereocenters. The Hall–Kier alpha value is -0.410. The number of aromatic nitrogens is 1. The molecular formula is C14H24N2S. The van der Waals surface area contributed by atoms with Gasteiger partial charge in [-0.1, -0.05) is 32.1 Å². The third-order valence-corrected chi connectivity index (χ3v) is 4.59. The lowest BCUT2D eigenvalue weighted by Gasteiger charge is -2.36. The molecule has 2 nitrogen and oxygen atoms in total. The van der Waals surface area contributed by atoms with Gasteiger partial charge in [-0.25, -0.2) is 4.98 Å². The van der Waals surface area contributed by atoms with E-state index in [0.717, 1.165) is 0 Å². The van der Waals surface area contributed by atoms with Crippen LogP contribution in [0.3, 0.4) is 0 Å². The average Bonchev–Trinajstić information content (AvgIpc) is 2.75. The Bertz CT molecular complexity index is 311. The largest absolute Gasteiger partial charge is 0.303 e. The normalized spacial score (nSPS) is 21.1. The van der Waals surface area contributed by atoms with Gasteiger partial charge < -0.3 is 5.32 Å². The molecule has 0 amide bonds. The Balaban J connectivity index is 2.20. The highest BCUT2D eigenvalue weighted by atomic mass is 32.1. The summed E-state index contributed by atoms with van der Waals surface area (Å²) in [4.78, 5) is 4.59. The van der Waals surface area contributed by atoms with Gasteiger partial charge in [0.15, 0.2) is 0 Å². The summed E-state index contributed by atoms with van der Waals surface area (Å²) in [6, 6.07) is 0.526. The molecule has 1 aliphatic carbocycles. The summed E-state index contributed by atoms with van der Waals surface area (Å²) in [5, 5.41) is 7.22. The molecular weight excluding hydrogens is 228 g/mol. The van der Waals surface area contributed by atoms with Crippen molar-refractivity contribution in [2.45, 2.75) is 70.4 Å². The van der Waals surface area contributed by atoms with Crippen LogP contribution in [0.1, 0.15) is 63.8 Å². The van der Waals surface area contributed by atoms with Gasteiger partial charge in [-0.15, -0.1) is 11.3 Å². The quantitative estimate of drug-likeness (QED) is 0.876.